The Hall–Kier alpha value is -2.67. The number of oxazole rings is 1. The van der Waals surface area contributed by atoms with Crippen LogP contribution >= 0.6 is 11.8 Å². The van der Waals surface area contributed by atoms with E-state index < -0.39 is 11.6 Å². The van der Waals surface area contributed by atoms with Gasteiger partial charge in [-0.25, -0.2) is 13.8 Å². The van der Waals surface area contributed by atoms with E-state index in [1.165, 1.54) is 6.07 Å². The smallest absolute Gasteiger partial charge is 0.256 e. The summed E-state index contributed by atoms with van der Waals surface area (Å²) in [5, 5.41) is 2.84. The fourth-order valence-corrected chi connectivity index (χ4v) is 2.56. The van der Waals surface area contributed by atoms with Gasteiger partial charge in [-0.3, -0.25) is 4.79 Å². The second kappa shape index (κ2) is 7.27. The topological polar surface area (TPSA) is 55.1 Å². The van der Waals surface area contributed by atoms with Crippen molar-refractivity contribution in [1.82, 2.24) is 4.98 Å². The van der Waals surface area contributed by atoms with E-state index >= 15 is 0 Å². The zero-order valence-corrected chi connectivity index (χ0v) is 13.1. The van der Waals surface area contributed by atoms with Gasteiger partial charge in [0.1, 0.15) is 0 Å². The second-order valence-electron chi connectivity index (χ2n) is 4.82. The van der Waals surface area contributed by atoms with Gasteiger partial charge >= 0.3 is 0 Å². The number of nitrogens with one attached hydrogen (secondary N) is 1. The molecule has 0 fully saturated rings. The molecule has 122 valence electrons. The summed E-state index contributed by atoms with van der Waals surface area (Å²) in [6.45, 7) is 0. The lowest BCUT2D eigenvalue weighted by Gasteiger charge is -2.04. The SMILES string of the molecule is O=C(CSc1ncc(-c2ccccc2)o1)Nc1ccc(F)c(F)c1. The van der Waals surface area contributed by atoms with Gasteiger partial charge in [-0.05, 0) is 12.1 Å². The standard InChI is InChI=1S/C17H12F2N2O2S/c18-13-7-6-12(8-14(13)19)21-16(22)10-24-17-20-9-15(23-17)11-4-2-1-3-5-11/h1-9H,10H2,(H,21,22). The molecule has 1 aromatic heterocycles. The molecule has 2 aromatic carbocycles. The number of nitrogens with zero attached hydrogens (tertiary/aromatic N) is 1. The number of thioether (sulfide) groups is 1. The third kappa shape index (κ3) is 3.99. The first-order valence-electron chi connectivity index (χ1n) is 7.01. The molecule has 24 heavy (non-hydrogen) atoms. The van der Waals surface area contributed by atoms with E-state index in [4.69, 9.17) is 4.42 Å². The van der Waals surface area contributed by atoms with Crippen LogP contribution < -0.4 is 5.32 Å². The molecule has 3 rings (SSSR count). The van der Waals surface area contributed by atoms with Gasteiger partial charge in [0, 0.05) is 17.3 Å². The molecular weight excluding hydrogens is 334 g/mol. The van der Waals surface area contributed by atoms with Crippen LogP contribution in [0.25, 0.3) is 11.3 Å². The number of hydrogen-bond donors (Lipinski definition) is 1. The van der Waals surface area contributed by atoms with E-state index in [-0.39, 0.29) is 17.3 Å². The molecule has 0 spiro atoms. The zero-order chi connectivity index (χ0) is 16.9. The van der Waals surface area contributed by atoms with Gasteiger partial charge < -0.3 is 9.73 Å². The van der Waals surface area contributed by atoms with Crippen LogP contribution in [0.4, 0.5) is 14.5 Å². The zero-order valence-electron chi connectivity index (χ0n) is 12.3. The van der Waals surface area contributed by atoms with Crippen LogP contribution in [0, 0.1) is 11.6 Å². The summed E-state index contributed by atoms with van der Waals surface area (Å²) in [7, 11) is 0. The maximum Gasteiger partial charge on any atom is 0.256 e. The van der Waals surface area contributed by atoms with E-state index in [1.54, 1.807) is 6.20 Å². The third-order valence-corrected chi connectivity index (χ3v) is 3.92. The van der Waals surface area contributed by atoms with Crippen molar-refractivity contribution in [1.29, 1.82) is 0 Å². The first kappa shape index (κ1) is 16.2. The highest BCUT2D eigenvalue weighted by atomic mass is 32.2. The number of aromatic nitrogens is 1. The summed E-state index contributed by atoms with van der Waals surface area (Å²) < 4.78 is 31.5. The molecule has 0 bridgehead atoms. The van der Waals surface area contributed by atoms with Crippen LogP contribution in [0.15, 0.2) is 64.4 Å². The molecule has 0 aliphatic heterocycles. The molecule has 7 heteroatoms. The predicted molar refractivity (Wildman–Crippen MR) is 87.7 cm³/mol. The number of carbonyl (C=O) groups is 1. The third-order valence-electron chi connectivity index (χ3n) is 3.07. The van der Waals surface area contributed by atoms with E-state index in [1.807, 2.05) is 30.3 Å². The molecule has 4 nitrogen and oxygen atoms in total. The Balaban J connectivity index is 1.56. The lowest BCUT2D eigenvalue weighted by molar-refractivity contribution is -0.113. The van der Waals surface area contributed by atoms with Crippen molar-refractivity contribution in [3.05, 3.63) is 66.4 Å². The first-order chi connectivity index (χ1) is 11.6. The van der Waals surface area contributed by atoms with Gasteiger partial charge in [0.2, 0.25) is 5.91 Å². The van der Waals surface area contributed by atoms with Crippen molar-refractivity contribution in [3.63, 3.8) is 0 Å². The van der Waals surface area contributed by atoms with Gasteiger partial charge in [0.25, 0.3) is 5.22 Å². The molecule has 0 saturated carbocycles. The van der Waals surface area contributed by atoms with E-state index in [2.05, 4.69) is 10.3 Å². The number of benzene rings is 2. The Morgan fingerprint density at radius 2 is 1.92 bits per heavy atom. The molecule has 3 aromatic rings. The Morgan fingerprint density at radius 3 is 2.67 bits per heavy atom. The minimum absolute atomic E-state index is 0.0355. The summed E-state index contributed by atoms with van der Waals surface area (Å²) in [5.74, 6) is -1.70. The van der Waals surface area contributed by atoms with Crippen LogP contribution in [0.3, 0.4) is 0 Å². The Morgan fingerprint density at radius 1 is 1.12 bits per heavy atom. The van der Waals surface area contributed by atoms with Crippen LogP contribution in [0.1, 0.15) is 0 Å². The van der Waals surface area contributed by atoms with Gasteiger partial charge in [0.05, 0.1) is 11.9 Å². The summed E-state index contributed by atoms with van der Waals surface area (Å²) in [6.07, 6.45) is 1.59. The number of halogens is 2. The van der Waals surface area contributed by atoms with Crippen LogP contribution in [0.2, 0.25) is 0 Å². The number of carbonyl (C=O) groups excluding carboxylic acids is 1. The Bertz CT molecular complexity index is 853. The fourth-order valence-electron chi connectivity index (χ4n) is 1.96. The van der Waals surface area contributed by atoms with Gasteiger partial charge in [0.15, 0.2) is 17.4 Å². The van der Waals surface area contributed by atoms with Crippen molar-refractivity contribution in [2.75, 3.05) is 11.1 Å². The Kier molecular flexibility index (Phi) is 4.90. The normalized spacial score (nSPS) is 10.6. The highest BCUT2D eigenvalue weighted by molar-refractivity contribution is 7.99. The van der Waals surface area contributed by atoms with Crippen molar-refractivity contribution in [2.45, 2.75) is 5.22 Å². The summed E-state index contributed by atoms with van der Waals surface area (Å²) in [4.78, 5) is 15.9. The molecular formula is C17H12F2N2O2S. The Labute approximate surface area is 140 Å². The van der Waals surface area contributed by atoms with Crippen LogP contribution in [-0.4, -0.2) is 16.6 Å². The highest BCUT2D eigenvalue weighted by Gasteiger charge is 2.10. The summed E-state index contributed by atoms with van der Waals surface area (Å²) in [5.41, 5.74) is 1.08. The first-order valence-corrected chi connectivity index (χ1v) is 7.99. The van der Waals surface area contributed by atoms with Crippen molar-refractivity contribution < 1.29 is 18.0 Å². The molecule has 0 saturated heterocycles. The van der Waals surface area contributed by atoms with Crippen LogP contribution in [0.5, 0.6) is 0 Å². The second-order valence-corrected chi connectivity index (χ2v) is 5.75. The van der Waals surface area contributed by atoms with E-state index in [0.29, 0.717) is 11.0 Å². The maximum atomic E-state index is 13.1. The fraction of sp³-hybridized carbons (Fsp3) is 0.0588. The number of rotatable bonds is 5. The van der Waals surface area contributed by atoms with Crippen molar-refractivity contribution in [3.8, 4) is 11.3 Å². The summed E-state index contributed by atoms with van der Waals surface area (Å²) >= 11 is 1.11. The molecule has 1 heterocycles. The van der Waals surface area contributed by atoms with Crippen molar-refractivity contribution in [2.24, 2.45) is 0 Å². The van der Waals surface area contributed by atoms with E-state index in [9.17, 15) is 13.6 Å². The molecule has 0 aliphatic carbocycles. The predicted octanol–water partition coefficient (Wildman–Crippen LogP) is 4.35. The average Bonchev–Trinajstić information content (AvgIpc) is 3.06. The van der Waals surface area contributed by atoms with Gasteiger partial charge in [-0.15, -0.1) is 0 Å². The minimum Gasteiger partial charge on any atom is -0.431 e. The largest absolute Gasteiger partial charge is 0.431 e. The lowest BCUT2D eigenvalue weighted by Crippen LogP contribution is -2.14. The monoisotopic (exact) mass is 346 g/mol. The number of anilines is 1. The molecule has 0 aliphatic rings. The highest BCUT2D eigenvalue weighted by Crippen LogP contribution is 2.25. The average molecular weight is 346 g/mol. The summed E-state index contributed by atoms with van der Waals surface area (Å²) in [6, 6.07) is 12.6. The van der Waals surface area contributed by atoms with Gasteiger partial charge in [-0.2, -0.15) is 0 Å². The molecule has 1 N–H and O–H groups in total. The lowest BCUT2D eigenvalue weighted by atomic mass is 10.2. The van der Waals surface area contributed by atoms with Crippen molar-refractivity contribution >= 4 is 23.4 Å². The van der Waals surface area contributed by atoms with Crippen LogP contribution in [-0.2, 0) is 4.79 Å². The van der Waals surface area contributed by atoms with E-state index in [0.717, 1.165) is 29.5 Å². The molecule has 0 unspecified atom stereocenters. The van der Waals surface area contributed by atoms with Gasteiger partial charge in [-0.1, -0.05) is 42.1 Å². The molecule has 1 amide bonds. The maximum absolute atomic E-state index is 13.1. The quantitative estimate of drug-likeness (QED) is 0.698. The number of amides is 1. The molecule has 0 radical (unpaired) electrons. The minimum atomic E-state index is -1.01. The molecule has 0 atom stereocenters. The number of hydrogen-bond acceptors (Lipinski definition) is 4.